The maximum atomic E-state index is 12.3. The highest BCUT2D eigenvalue weighted by atomic mass is 16.5. The minimum atomic E-state index is -0.0885. The van der Waals surface area contributed by atoms with Gasteiger partial charge in [0.15, 0.2) is 0 Å². The minimum Gasteiger partial charge on any atom is -0.496 e. The lowest BCUT2D eigenvalue weighted by Crippen LogP contribution is -2.28. The van der Waals surface area contributed by atoms with E-state index in [0.29, 0.717) is 6.42 Å². The molecule has 0 saturated heterocycles. The number of hydrogen-bond donors (Lipinski definition) is 1. The summed E-state index contributed by atoms with van der Waals surface area (Å²) in [4.78, 5) is 12.3. The van der Waals surface area contributed by atoms with Crippen molar-refractivity contribution < 1.29 is 9.53 Å². The minimum absolute atomic E-state index is 0.0189. The van der Waals surface area contributed by atoms with Gasteiger partial charge >= 0.3 is 0 Å². The predicted molar refractivity (Wildman–Crippen MR) is 89.2 cm³/mol. The van der Waals surface area contributed by atoms with E-state index in [4.69, 9.17) is 4.74 Å². The Morgan fingerprint density at radius 3 is 2.59 bits per heavy atom. The van der Waals surface area contributed by atoms with Crippen LogP contribution in [-0.4, -0.2) is 13.0 Å². The molecule has 2 rings (SSSR count). The zero-order valence-electron chi connectivity index (χ0n) is 13.6. The van der Waals surface area contributed by atoms with Crippen molar-refractivity contribution in [3.05, 3.63) is 64.7 Å². The van der Waals surface area contributed by atoms with Gasteiger partial charge in [-0.1, -0.05) is 42.0 Å². The quantitative estimate of drug-likeness (QED) is 0.913. The fraction of sp³-hybridized carbons (Fsp3) is 0.316. The first-order chi connectivity index (χ1) is 10.5. The Morgan fingerprint density at radius 2 is 1.91 bits per heavy atom. The summed E-state index contributed by atoms with van der Waals surface area (Å²) < 4.78 is 5.35. The number of nitrogens with one attached hydrogen (secondary N) is 1. The molecule has 1 N–H and O–H groups in total. The van der Waals surface area contributed by atoms with Gasteiger partial charge in [0.2, 0.25) is 5.91 Å². The van der Waals surface area contributed by atoms with Crippen LogP contribution >= 0.6 is 0 Å². The number of carbonyl (C=O) groups is 1. The summed E-state index contributed by atoms with van der Waals surface area (Å²) in [6.07, 6.45) is 0.394. The number of hydrogen-bond acceptors (Lipinski definition) is 2. The van der Waals surface area contributed by atoms with E-state index in [0.717, 1.165) is 22.4 Å². The van der Waals surface area contributed by atoms with Crippen molar-refractivity contribution in [2.75, 3.05) is 7.11 Å². The van der Waals surface area contributed by atoms with E-state index in [1.54, 1.807) is 7.11 Å². The van der Waals surface area contributed by atoms with Crippen molar-refractivity contribution >= 4 is 5.91 Å². The van der Waals surface area contributed by atoms with Gasteiger partial charge in [0.25, 0.3) is 0 Å². The molecule has 0 aromatic heterocycles. The summed E-state index contributed by atoms with van der Waals surface area (Å²) in [6, 6.07) is 13.8. The molecule has 1 unspecified atom stereocenters. The summed E-state index contributed by atoms with van der Waals surface area (Å²) in [5.74, 6) is 0.812. The average Bonchev–Trinajstić information content (AvgIpc) is 2.50. The van der Waals surface area contributed by atoms with Crippen LogP contribution in [0.2, 0.25) is 0 Å². The molecule has 0 aliphatic heterocycles. The Bertz CT molecular complexity index is 664. The fourth-order valence-electron chi connectivity index (χ4n) is 2.61. The monoisotopic (exact) mass is 297 g/mol. The first kappa shape index (κ1) is 16.1. The van der Waals surface area contributed by atoms with E-state index in [-0.39, 0.29) is 11.9 Å². The van der Waals surface area contributed by atoms with Gasteiger partial charge in [-0.2, -0.15) is 0 Å². The predicted octanol–water partition coefficient (Wildman–Crippen LogP) is 3.73. The Balaban J connectivity index is 2.05. The molecule has 0 saturated carbocycles. The molecular weight excluding hydrogens is 274 g/mol. The summed E-state index contributed by atoms with van der Waals surface area (Å²) in [5, 5.41) is 3.04. The molecule has 2 aromatic carbocycles. The molecule has 0 radical (unpaired) electrons. The number of amides is 1. The third-order valence-corrected chi connectivity index (χ3v) is 3.83. The Morgan fingerprint density at radius 1 is 1.18 bits per heavy atom. The molecule has 3 nitrogen and oxygen atoms in total. The third-order valence-electron chi connectivity index (χ3n) is 3.83. The van der Waals surface area contributed by atoms with Gasteiger partial charge in [0.1, 0.15) is 5.75 Å². The van der Waals surface area contributed by atoms with Gasteiger partial charge in [-0.25, -0.2) is 0 Å². The average molecular weight is 297 g/mol. The first-order valence-electron chi connectivity index (χ1n) is 7.49. The summed E-state index contributed by atoms with van der Waals surface area (Å²) in [6.45, 7) is 6.07. The molecule has 3 heteroatoms. The molecule has 0 heterocycles. The molecule has 0 aliphatic carbocycles. The van der Waals surface area contributed by atoms with Crippen molar-refractivity contribution in [1.82, 2.24) is 5.32 Å². The highest BCUT2D eigenvalue weighted by molar-refractivity contribution is 5.79. The van der Waals surface area contributed by atoms with Crippen LogP contribution < -0.4 is 10.1 Å². The van der Waals surface area contributed by atoms with Crippen LogP contribution in [0.4, 0.5) is 0 Å². The molecule has 22 heavy (non-hydrogen) atoms. The zero-order chi connectivity index (χ0) is 16.1. The topological polar surface area (TPSA) is 38.3 Å². The summed E-state index contributed by atoms with van der Waals surface area (Å²) >= 11 is 0. The van der Waals surface area contributed by atoms with Gasteiger partial charge in [-0.05, 0) is 38.0 Å². The zero-order valence-corrected chi connectivity index (χ0v) is 13.6. The molecule has 1 amide bonds. The Labute approximate surface area is 132 Å². The van der Waals surface area contributed by atoms with Crippen LogP contribution in [0.15, 0.2) is 42.5 Å². The first-order valence-corrected chi connectivity index (χ1v) is 7.49. The van der Waals surface area contributed by atoms with Crippen molar-refractivity contribution in [2.45, 2.75) is 33.2 Å². The number of rotatable bonds is 5. The van der Waals surface area contributed by atoms with Gasteiger partial charge < -0.3 is 10.1 Å². The van der Waals surface area contributed by atoms with E-state index in [1.165, 1.54) is 5.56 Å². The lowest BCUT2D eigenvalue weighted by atomic mass is 10.0. The molecule has 0 spiro atoms. The SMILES string of the molecule is COc1ccccc1C(C)NC(=O)Cc1ccc(C)cc1C. The van der Waals surface area contributed by atoms with E-state index >= 15 is 0 Å². The highest BCUT2D eigenvalue weighted by Crippen LogP contribution is 2.24. The number of carbonyl (C=O) groups excluding carboxylic acids is 1. The Kier molecular flexibility index (Phi) is 5.21. The Hall–Kier alpha value is -2.29. The van der Waals surface area contributed by atoms with Gasteiger partial charge in [-0.3, -0.25) is 4.79 Å². The van der Waals surface area contributed by atoms with Crippen molar-refractivity contribution in [3.8, 4) is 5.75 Å². The summed E-state index contributed by atoms with van der Waals surface area (Å²) in [7, 11) is 1.64. The van der Waals surface area contributed by atoms with Crippen LogP contribution in [-0.2, 0) is 11.2 Å². The van der Waals surface area contributed by atoms with Crippen LogP contribution in [0.1, 0.15) is 35.2 Å². The number of benzene rings is 2. The van der Waals surface area contributed by atoms with Crippen LogP contribution in [0, 0.1) is 13.8 Å². The molecule has 1 atom stereocenters. The lowest BCUT2D eigenvalue weighted by Gasteiger charge is -2.17. The van der Waals surface area contributed by atoms with E-state index in [1.807, 2.05) is 50.2 Å². The molecule has 0 bridgehead atoms. The van der Waals surface area contributed by atoms with Crippen molar-refractivity contribution in [2.24, 2.45) is 0 Å². The van der Waals surface area contributed by atoms with E-state index < -0.39 is 0 Å². The van der Waals surface area contributed by atoms with Crippen LogP contribution in [0.25, 0.3) is 0 Å². The maximum absolute atomic E-state index is 12.3. The smallest absolute Gasteiger partial charge is 0.224 e. The summed E-state index contributed by atoms with van der Waals surface area (Å²) in [5.41, 5.74) is 4.42. The van der Waals surface area contributed by atoms with Gasteiger partial charge in [-0.15, -0.1) is 0 Å². The second kappa shape index (κ2) is 7.12. The fourth-order valence-corrected chi connectivity index (χ4v) is 2.61. The number of ether oxygens (including phenoxy) is 1. The second-order valence-corrected chi connectivity index (χ2v) is 5.64. The van der Waals surface area contributed by atoms with Crippen molar-refractivity contribution in [3.63, 3.8) is 0 Å². The molecule has 2 aromatic rings. The van der Waals surface area contributed by atoms with E-state index in [2.05, 4.69) is 18.3 Å². The molecule has 0 aliphatic rings. The molecule has 116 valence electrons. The third kappa shape index (κ3) is 3.88. The van der Waals surface area contributed by atoms with Gasteiger partial charge in [0.05, 0.1) is 19.6 Å². The normalized spacial score (nSPS) is 11.8. The van der Waals surface area contributed by atoms with Crippen LogP contribution in [0.3, 0.4) is 0 Å². The van der Waals surface area contributed by atoms with Crippen molar-refractivity contribution in [1.29, 1.82) is 0 Å². The highest BCUT2D eigenvalue weighted by Gasteiger charge is 2.14. The van der Waals surface area contributed by atoms with E-state index in [9.17, 15) is 4.79 Å². The maximum Gasteiger partial charge on any atom is 0.224 e. The van der Waals surface area contributed by atoms with Gasteiger partial charge in [0, 0.05) is 5.56 Å². The largest absolute Gasteiger partial charge is 0.496 e. The lowest BCUT2D eigenvalue weighted by molar-refractivity contribution is -0.121. The number of aryl methyl sites for hydroxylation is 2. The molecule has 0 fully saturated rings. The standard InChI is InChI=1S/C19H23NO2/c1-13-9-10-16(14(2)11-13)12-19(21)20-15(3)17-7-5-6-8-18(17)22-4/h5-11,15H,12H2,1-4H3,(H,20,21). The number of para-hydroxylation sites is 1. The van der Waals surface area contributed by atoms with Crippen LogP contribution in [0.5, 0.6) is 5.75 Å². The number of methoxy groups -OCH3 is 1. The molecular formula is C19H23NO2. The second-order valence-electron chi connectivity index (χ2n) is 5.64.